The minimum absolute atomic E-state index is 0.153. The lowest BCUT2D eigenvalue weighted by Gasteiger charge is -2.29. The Balaban J connectivity index is 1.56. The predicted octanol–water partition coefficient (Wildman–Crippen LogP) is 3.93. The normalized spacial score (nSPS) is 13.2. The average Bonchev–Trinajstić information content (AvgIpc) is 3.08. The zero-order chi connectivity index (χ0) is 16.4. The number of nitrogens with one attached hydrogen (secondary N) is 1. The number of para-hydroxylation sites is 2. The summed E-state index contributed by atoms with van der Waals surface area (Å²) in [6.07, 6.45) is 4.88. The highest BCUT2D eigenvalue weighted by molar-refractivity contribution is 5.52. The number of aromatic nitrogens is 2. The number of hydrogen-bond donors (Lipinski definition) is 1. The standard InChI is InChI=1S/C20H21N3O/c1-2-19-21-11-13-23(19)14-12-22-20-15-7-3-5-9-17(15)24-18-10-6-4-8-16(18)20/h3-11,13,20,22H,2,12,14H2,1H3. The summed E-state index contributed by atoms with van der Waals surface area (Å²) in [5.41, 5.74) is 2.38. The molecule has 1 aromatic heterocycles. The number of imidazole rings is 1. The number of ether oxygens (including phenoxy) is 1. The Kier molecular flexibility index (Phi) is 4.05. The van der Waals surface area contributed by atoms with E-state index in [0.717, 1.165) is 36.8 Å². The number of nitrogens with zero attached hydrogens (tertiary/aromatic N) is 2. The Hall–Kier alpha value is -2.59. The highest BCUT2D eigenvalue weighted by Crippen LogP contribution is 2.42. The van der Waals surface area contributed by atoms with Gasteiger partial charge in [-0.25, -0.2) is 4.98 Å². The molecule has 4 heteroatoms. The van der Waals surface area contributed by atoms with Gasteiger partial charge in [-0.1, -0.05) is 43.3 Å². The maximum Gasteiger partial charge on any atom is 0.132 e. The number of aryl methyl sites for hydroxylation is 1. The van der Waals surface area contributed by atoms with Crippen molar-refractivity contribution in [3.8, 4) is 11.5 Å². The van der Waals surface area contributed by atoms with Gasteiger partial charge in [-0.2, -0.15) is 0 Å². The lowest BCUT2D eigenvalue weighted by molar-refractivity contribution is 0.423. The third-order valence-electron chi connectivity index (χ3n) is 4.50. The minimum Gasteiger partial charge on any atom is -0.457 e. The summed E-state index contributed by atoms with van der Waals surface area (Å²) in [5.74, 6) is 3.00. The van der Waals surface area contributed by atoms with Crippen LogP contribution in [0.4, 0.5) is 0 Å². The van der Waals surface area contributed by atoms with E-state index in [9.17, 15) is 0 Å². The van der Waals surface area contributed by atoms with E-state index in [0.29, 0.717) is 0 Å². The van der Waals surface area contributed by atoms with Crippen LogP contribution in [0, 0.1) is 0 Å². The third-order valence-corrected chi connectivity index (χ3v) is 4.50. The van der Waals surface area contributed by atoms with Gasteiger partial charge >= 0.3 is 0 Å². The first-order chi connectivity index (χ1) is 11.9. The molecule has 0 unspecified atom stereocenters. The van der Waals surface area contributed by atoms with E-state index in [-0.39, 0.29) is 6.04 Å². The molecule has 0 amide bonds. The van der Waals surface area contributed by atoms with Crippen LogP contribution < -0.4 is 10.1 Å². The second-order valence-electron chi connectivity index (χ2n) is 5.96. The van der Waals surface area contributed by atoms with Gasteiger partial charge in [0.15, 0.2) is 0 Å². The van der Waals surface area contributed by atoms with E-state index in [1.54, 1.807) is 0 Å². The first-order valence-electron chi connectivity index (χ1n) is 8.46. The smallest absolute Gasteiger partial charge is 0.132 e. The molecule has 0 fully saturated rings. The van der Waals surface area contributed by atoms with Gasteiger partial charge in [0.05, 0.1) is 6.04 Å². The molecule has 4 nitrogen and oxygen atoms in total. The van der Waals surface area contributed by atoms with E-state index in [2.05, 4.69) is 46.1 Å². The Morgan fingerprint density at radius 3 is 2.38 bits per heavy atom. The Morgan fingerprint density at radius 1 is 1.04 bits per heavy atom. The van der Waals surface area contributed by atoms with Crippen LogP contribution in [0.15, 0.2) is 60.9 Å². The predicted molar refractivity (Wildman–Crippen MR) is 94.4 cm³/mol. The van der Waals surface area contributed by atoms with Gasteiger partial charge in [0, 0.05) is 43.0 Å². The molecule has 122 valence electrons. The fraction of sp³-hybridized carbons (Fsp3) is 0.250. The summed E-state index contributed by atoms with van der Waals surface area (Å²) in [4.78, 5) is 4.39. The molecule has 0 bridgehead atoms. The maximum absolute atomic E-state index is 6.04. The van der Waals surface area contributed by atoms with E-state index < -0.39 is 0 Å². The molecule has 2 heterocycles. The van der Waals surface area contributed by atoms with Crippen LogP contribution in [0.3, 0.4) is 0 Å². The quantitative estimate of drug-likeness (QED) is 0.774. The van der Waals surface area contributed by atoms with Gasteiger partial charge < -0.3 is 14.6 Å². The fourth-order valence-corrected chi connectivity index (χ4v) is 3.32. The highest BCUT2D eigenvalue weighted by Gasteiger charge is 2.26. The maximum atomic E-state index is 6.04. The van der Waals surface area contributed by atoms with Crippen LogP contribution in [0.2, 0.25) is 0 Å². The third kappa shape index (κ3) is 2.69. The van der Waals surface area contributed by atoms with Crippen LogP contribution in [0.25, 0.3) is 0 Å². The van der Waals surface area contributed by atoms with E-state index in [4.69, 9.17) is 4.74 Å². The second kappa shape index (κ2) is 6.49. The summed E-state index contributed by atoms with van der Waals surface area (Å²) in [6, 6.07) is 16.7. The molecule has 0 saturated carbocycles. The van der Waals surface area contributed by atoms with Crippen molar-refractivity contribution in [2.45, 2.75) is 25.9 Å². The zero-order valence-electron chi connectivity index (χ0n) is 13.8. The van der Waals surface area contributed by atoms with E-state index in [1.807, 2.05) is 36.7 Å². The molecular formula is C20H21N3O. The summed E-state index contributed by atoms with van der Waals surface area (Å²) in [6.45, 7) is 3.92. The lowest BCUT2D eigenvalue weighted by atomic mass is 9.94. The van der Waals surface area contributed by atoms with E-state index >= 15 is 0 Å². The van der Waals surface area contributed by atoms with Gasteiger partial charge in [-0.3, -0.25) is 0 Å². The average molecular weight is 319 g/mol. The van der Waals surface area contributed by atoms with Gasteiger partial charge in [0.25, 0.3) is 0 Å². The Morgan fingerprint density at radius 2 is 1.71 bits per heavy atom. The first kappa shape index (κ1) is 15.0. The van der Waals surface area contributed by atoms with Crippen molar-refractivity contribution in [2.75, 3.05) is 6.54 Å². The van der Waals surface area contributed by atoms with Crippen molar-refractivity contribution in [3.63, 3.8) is 0 Å². The second-order valence-corrected chi connectivity index (χ2v) is 5.96. The molecular weight excluding hydrogens is 298 g/mol. The van der Waals surface area contributed by atoms with Crippen molar-refractivity contribution in [1.29, 1.82) is 0 Å². The lowest BCUT2D eigenvalue weighted by Crippen LogP contribution is -2.28. The minimum atomic E-state index is 0.153. The summed E-state index contributed by atoms with van der Waals surface area (Å²) >= 11 is 0. The topological polar surface area (TPSA) is 39.1 Å². The number of hydrogen-bond acceptors (Lipinski definition) is 3. The fourth-order valence-electron chi connectivity index (χ4n) is 3.32. The van der Waals surface area contributed by atoms with Crippen LogP contribution >= 0.6 is 0 Å². The summed E-state index contributed by atoms with van der Waals surface area (Å²) in [7, 11) is 0. The van der Waals surface area contributed by atoms with Gasteiger partial charge in [0.1, 0.15) is 17.3 Å². The number of fused-ring (bicyclic) bond motifs is 2. The monoisotopic (exact) mass is 319 g/mol. The molecule has 0 radical (unpaired) electrons. The van der Waals surface area contributed by atoms with Gasteiger partial charge in [-0.15, -0.1) is 0 Å². The molecule has 0 aliphatic carbocycles. The van der Waals surface area contributed by atoms with E-state index in [1.165, 1.54) is 11.1 Å². The van der Waals surface area contributed by atoms with Crippen LogP contribution in [0.5, 0.6) is 11.5 Å². The molecule has 0 atom stereocenters. The highest BCUT2D eigenvalue weighted by atomic mass is 16.5. The van der Waals surface area contributed by atoms with Crippen LogP contribution in [-0.2, 0) is 13.0 Å². The molecule has 24 heavy (non-hydrogen) atoms. The largest absolute Gasteiger partial charge is 0.457 e. The van der Waals surface area contributed by atoms with Crippen molar-refractivity contribution in [2.24, 2.45) is 0 Å². The van der Waals surface area contributed by atoms with Gasteiger partial charge in [0.2, 0.25) is 0 Å². The number of benzene rings is 2. The Labute approximate surface area is 142 Å². The first-order valence-corrected chi connectivity index (χ1v) is 8.46. The van der Waals surface area contributed by atoms with Crippen molar-refractivity contribution in [3.05, 3.63) is 77.9 Å². The Bertz CT molecular complexity index is 795. The molecule has 4 rings (SSSR count). The zero-order valence-corrected chi connectivity index (χ0v) is 13.8. The van der Waals surface area contributed by atoms with Gasteiger partial charge in [-0.05, 0) is 12.1 Å². The number of rotatable bonds is 5. The van der Waals surface area contributed by atoms with Crippen LogP contribution in [0.1, 0.15) is 29.9 Å². The molecule has 0 saturated heterocycles. The summed E-state index contributed by atoms with van der Waals surface area (Å²) in [5, 5.41) is 3.69. The molecule has 3 aromatic rings. The molecule has 2 aromatic carbocycles. The SMILES string of the molecule is CCc1nccn1CCNC1c2ccccc2Oc2ccccc21. The molecule has 1 aliphatic rings. The van der Waals surface area contributed by atoms with Crippen molar-refractivity contribution in [1.82, 2.24) is 14.9 Å². The van der Waals surface area contributed by atoms with Crippen molar-refractivity contribution < 1.29 is 4.74 Å². The van der Waals surface area contributed by atoms with Crippen molar-refractivity contribution >= 4 is 0 Å². The molecule has 0 spiro atoms. The summed E-state index contributed by atoms with van der Waals surface area (Å²) < 4.78 is 8.25. The molecule has 1 N–H and O–H groups in total. The van der Waals surface area contributed by atoms with Crippen LogP contribution in [-0.4, -0.2) is 16.1 Å². The molecule has 1 aliphatic heterocycles.